The molecule has 3 amide bonds. The lowest BCUT2D eigenvalue weighted by atomic mass is 9.95. The molecule has 0 aliphatic carbocycles. The number of nitrogens with one attached hydrogen (secondary N) is 3. The summed E-state index contributed by atoms with van der Waals surface area (Å²) in [5.74, 6) is -0.416. The molecule has 0 fully saturated rings. The van der Waals surface area contributed by atoms with Crippen LogP contribution in [-0.2, 0) is 20.9 Å². The number of carbonyl (C=O) groups is 3. The highest BCUT2D eigenvalue weighted by Crippen LogP contribution is 2.34. The fourth-order valence-electron chi connectivity index (χ4n) is 5.39. The molecule has 3 aromatic carbocycles. The van der Waals surface area contributed by atoms with Crippen LogP contribution in [0.3, 0.4) is 0 Å². The van der Waals surface area contributed by atoms with Crippen molar-refractivity contribution in [2.45, 2.75) is 33.4 Å². The third-order valence-corrected chi connectivity index (χ3v) is 7.77. The molecule has 1 aliphatic heterocycles. The summed E-state index contributed by atoms with van der Waals surface area (Å²) in [5.41, 5.74) is 7.74. The third-order valence-electron chi connectivity index (χ3n) is 7.54. The molecule has 0 saturated carbocycles. The number of fused-ring (bicyclic) bond motifs is 1. The van der Waals surface area contributed by atoms with Crippen LogP contribution in [0.1, 0.15) is 42.3 Å². The molecule has 238 valence electrons. The Kier molecular flexibility index (Phi) is 9.92. The summed E-state index contributed by atoms with van der Waals surface area (Å²) in [4.78, 5) is 37.5. The van der Waals surface area contributed by atoms with Gasteiger partial charge in [0.15, 0.2) is 18.1 Å². The maximum Gasteiger partial charge on any atom is 0.338 e. The summed E-state index contributed by atoms with van der Waals surface area (Å²) in [7, 11) is 1.45. The molecule has 0 bridgehead atoms. The van der Waals surface area contributed by atoms with Crippen LogP contribution in [0.15, 0.2) is 83.1 Å². The van der Waals surface area contributed by atoms with Gasteiger partial charge in [-0.3, -0.25) is 4.79 Å². The Morgan fingerprint density at radius 3 is 2.63 bits per heavy atom. The monoisotopic (exact) mass is 643 g/mol. The number of amides is 3. The average molecular weight is 644 g/mol. The van der Waals surface area contributed by atoms with E-state index in [1.165, 1.54) is 7.11 Å². The minimum absolute atomic E-state index is 0.186. The molecule has 0 radical (unpaired) electrons. The van der Waals surface area contributed by atoms with Gasteiger partial charge < -0.3 is 29.4 Å². The van der Waals surface area contributed by atoms with E-state index in [-0.39, 0.29) is 18.8 Å². The van der Waals surface area contributed by atoms with E-state index in [4.69, 9.17) is 25.8 Å². The molecule has 11 nitrogen and oxygen atoms in total. The van der Waals surface area contributed by atoms with E-state index in [1.807, 2.05) is 55.5 Å². The van der Waals surface area contributed by atoms with Crippen molar-refractivity contribution in [2.24, 2.45) is 5.10 Å². The topological polar surface area (TPSA) is 132 Å². The zero-order chi connectivity index (χ0) is 32.8. The van der Waals surface area contributed by atoms with Crippen LogP contribution in [0, 0.1) is 6.92 Å². The number of esters is 1. The van der Waals surface area contributed by atoms with Crippen molar-refractivity contribution in [2.75, 3.05) is 20.3 Å². The van der Waals surface area contributed by atoms with Crippen LogP contribution in [-0.4, -0.2) is 49.0 Å². The minimum atomic E-state index is -0.770. The third kappa shape index (κ3) is 7.00. The summed E-state index contributed by atoms with van der Waals surface area (Å²) in [6, 6.07) is 19.4. The maximum atomic E-state index is 12.7. The lowest BCUT2D eigenvalue weighted by Gasteiger charge is -2.28. The standard InChI is InChI=1S/C34H34ClN5O6/c1-5-45-33(42)31-20(2)37-34(43)38-32(31)23-13-14-28(29(16-23)44-4)46-19-30(41)39-36-17-26-21(3)40(27-12-7-6-11-25(26)27)18-22-9-8-10-24(35)15-22/h6-17,32H,5,18-19H2,1-4H3,(H,39,41)(H2,37,38,43)/b36-17+/t32-/m0/s1. The normalized spacial score (nSPS) is 14.6. The lowest BCUT2D eigenvalue weighted by Crippen LogP contribution is -2.45. The second kappa shape index (κ2) is 14.2. The van der Waals surface area contributed by atoms with E-state index >= 15 is 0 Å². The Balaban J connectivity index is 1.27. The number of carbonyl (C=O) groups excluding carboxylic acids is 3. The van der Waals surface area contributed by atoms with Crippen molar-refractivity contribution in [3.8, 4) is 11.5 Å². The zero-order valence-corrected chi connectivity index (χ0v) is 26.6. The summed E-state index contributed by atoms with van der Waals surface area (Å²) < 4.78 is 18.6. The van der Waals surface area contributed by atoms with Gasteiger partial charge in [-0.25, -0.2) is 15.0 Å². The second-order valence-electron chi connectivity index (χ2n) is 10.5. The number of para-hydroxylation sites is 1. The summed E-state index contributed by atoms with van der Waals surface area (Å²) in [6.07, 6.45) is 1.63. The Morgan fingerprint density at radius 2 is 1.87 bits per heavy atom. The van der Waals surface area contributed by atoms with Crippen molar-refractivity contribution in [1.82, 2.24) is 20.6 Å². The van der Waals surface area contributed by atoms with Crippen LogP contribution in [0.5, 0.6) is 11.5 Å². The fraction of sp³-hybridized carbons (Fsp3) is 0.235. The number of nitrogens with zero attached hydrogens (tertiary/aromatic N) is 2. The van der Waals surface area contributed by atoms with E-state index in [0.717, 1.165) is 27.7 Å². The lowest BCUT2D eigenvalue weighted by molar-refractivity contribution is -0.139. The van der Waals surface area contributed by atoms with Crippen LogP contribution in [0.25, 0.3) is 10.9 Å². The molecular weight excluding hydrogens is 610 g/mol. The van der Waals surface area contributed by atoms with Crippen LogP contribution in [0.2, 0.25) is 5.02 Å². The number of urea groups is 1. The van der Waals surface area contributed by atoms with Gasteiger partial charge in [0.1, 0.15) is 0 Å². The summed E-state index contributed by atoms with van der Waals surface area (Å²) in [5, 5.41) is 11.2. The molecule has 12 heteroatoms. The van der Waals surface area contributed by atoms with Gasteiger partial charge >= 0.3 is 12.0 Å². The van der Waals surface area contributed by atoms with Gasteiger partial charge in [-0.1, -0.05) is 48.0 Å². The first kappa shape index (κ1) is 32.1. The van der Waals surface area contributed by atoms with E-state index in [2.05, 4.69) is 25.7 Å². The predicted octanol–water partition coefficient (Wildman–Crippen LogP) is 5.38. The number of rotatable bonds is 11. The Hall–Kier alpha value is -5.29. The van der Waals surface area contributed by atoms with E-state index in [0.29, 0.717) is 34.3 Å². The fourth-order valence-corrected chi connectivity index (χ4v) is 5.61. The molecule has 5 rings (SSSR count). The van der Waals surface area contributed by atoms with E-state index in [9.17, 15) is 14.4 Å². The molecule has 2 heterocycles. The van der Waals surface area contributed by atoms with Crippen LogP contribution >= 0.6 is 11.6 Å². The first-order chi connectivity index (χ1) is 22.2. The Labute approximate surface area is 271 Å². The van der Waals surface area contributed by atoms with E-state index < -0.39 is 23.9 Å². The molecule has 4 aromatic rings. The number of hydrazone groups is 1. The van der Waals surface area contributed by atoms with Gasteiger partial charge in [0, 0.05) is 39.4 Å². The second-order valence-corrected chi connectivity index (χ2v) is 11.0. The molecule has 1 atom stereocenters. The molecule has 0 saturated heterocycles. The number of halogens is 1. The zero-order valence-electron chi connectivity index (χ0n) is 25.8. The van der Waals surface area contributed by atoms with Gasteiger partial charge in [0.05, 0.1) is 31.5 Å². The Morgan fingerprint density at radius 1 is 1.07 bits per heavy atom. The number of benzene rings is 3. The van der Waals surface area contributed by atoms with Crippen molar-refractivity contribution < 1.29 is 28.6 Å². The quantitative estimate of drug-likeness (QED) is 0.114. The number of allylic oxidation sites excluding steroid dienone is 1. The SMILES string of the molecule is CCOC(=O)C1=C(C)NC(=O)N[C@H]1c1ccc(OCC(=O)N/N=C/c2c(C)n(Cc3cccc(Cl)c3)c3ccccc23)c(OC)c1. The van der Waals surface area contributed by atoms with Gasteiger partial charge in [0.2, 0.25) is 0 Å². The molecule has 3 N–H and O–H groups in total. The molecule has 0 unspecified atom stereocenters. The predicted molar refractivity (Wildman–Crippen MR) is 175 cm³/mol. The van der Waals surface area contributed by atoms with Crippen LogP contribution in [0.4, 0.5) is 4.79 Å². The number of ether oxygens (including phenoxy) is 3. The number of hydrogen-bond donors (Lipinski definition) is 3. The number of methoxy groups -OCH3 is 1. The first-order valence-electron chi connectivity index (χ1n) is 14.6. The highest BCUT2D eigenvalue weighted by molar-refractivity contribution is 6.30. The number of aromatic nitrogens is 1. The number of hydrogen-bond acceptors (Lipinski definition) is 7. The molecule has 1 aliphatic rings. The minimum Gasteiger partial charge on any atom is -0.493 e. The molecule has 1 aromatic heterocycles. The van der Waals surface area contributed by atoms with Gasteiger partial charge in [-0.2, -0.15) is 5.10 Å². The Bertz CT molecular complexity index is 1860. The van der Waals surface area contributed by atoms with Crippen molar-refractivity contribution >= 4 is 46.6 Å². The van der Waals surface area contributed by atoms with Crippen molar-refractivity contribution in [3.05, 3.63) is 105 Å². The smallest absolute Gasteiger partial charge is 0.338 e. The van der Waals surface area contributed by atoms with Crippen molar-refractivity contribution in [3.63, 3.8) is 0 Å². The average Bonchev–Trinajstić information content (AvgIpc) is 3.29. The maximum absolute atomic E-state index is 12.7. The molecule has 46 heavy (non-hydrogen) atoms. The van der Waals surface area contributed by atoms with Gasteiger partial charge in [-0.15, -0.1) is 0 Å². The largest absolute Gasteiger partial charge is 0.493 e. The highest BCUT2D eigenvalue weighted by Gasteiger charge is 2.32. The summed E-state index contributed by atoms with van der Waals surface area (Å²) in [6.45, 7) is 5.83. The summed E-state index contributed by atoms with van der Waals surface area (Å²) >= 11 is 6.21. The van der Waals surface area contributed by atoms with Gasteiger partial charge in [0.25, 0.3) is 5.91 Å². The molecular formula is C34H34ClN5O6. The van der Waals surface area contributed by atoms with E-state index in [1.54, 1.807) is 38.3 Å². The molecule has 0 spiro atoms. The van der Waals surface area contributed by atoms with Gasteiger partial charge in [-0.05, 0) is 62.2 Å². The highest BCUT2D eigenvalue weighted by atomic mass is 35.5. The van der Waals surface area contributed by atoms with Crippen molar-refractivity contribution in [1.29, 1.82) is 0 Å². The first-order valence-corrected chi connectivity index (χ1v) is 15.0. The van der Waals surface area contributed by atoms with Crippen LogP contribution < -0.4 is 25.5 Å².